The summed E-state index contributed by atoms with van der Waals surface area (Å²) in [6, 6.07) is 1.94. The quantitative estimate of drug-likeness (QED) is 0.794. The topological polar surface area (TPSA) is 58.1 Å². The molecule has 1 heterocycles. The predicted octanol–water partition coefficient (Wildman–Crippen LogP) is 2.63. The van der Waals surface area contributed by atoms with Gasteiger partial charge in [-0.1, -0.05) is 20.8 Å². The largest absolute Gasteiger partial charge is 0.357 e. The fraction of sp³-hybridized carbons (Fsp3) is 0.667. The molecule has 1 atom stereocenters. The Labute approximate surface area is 121 Å². The van der Waals surface area contributed by atoms with Gasteiger partial charge < -0.3 is 10.2 Å². The van der Waals surface area contributed by atoms with Crippen molar-refractivity contribution in [3.63, 3.8) is 0 Å². The van der Waals surface area contributed by atoms with Crippen LogP contribution in [0.5, 0.6) is 0 Å². The molecule has 0 aliphatic heterocycles. The van der Waals surface area contributed by atoms with Gasteiger partial charge in [0.25, 0.3) is 5.91 Å². The van der Waals surface area contributed by atoms with Crippen LogP contribution in [0.25, 0.3) is 0 Å². The molecule has 112 valence electrons. The third kappa shape index (κ3) is 4.79. The number of nitrogens with zero attached hydrogens (tertiary/aromatic N) is 3. The molecular weight excluding hydrogens is 252 g/mol. The van der Waals surface area contributed by atoms with E-state index in [1.807, 2.05) is 13.8 Å². The molecule has 0 saturated heterocycles. The third-order valence-electron chi connectivity index (χ3n) is 3.19. The zero-order valence-corrected chi connectivity index (χ0v) is 13.0. The van der Waals surface area contributed by atoms with Crippen LogP contribution < -0.4 is 10.2 Å². The maximum absolute atomic E-state index is 12.1. The highest BCUT2D eigenvalue weighted by molar-refractivity contribution is 5.93. The molecule has 0 radical (unpaired) electrons. The lowest BCUT2D eigenvalue weighted by molar-refractivity contribution is 0.0934. The van der Waals surface area contributed by atoms with Gasteiger partial charge in [0.1, 0.15) is 17.8 Å². The number of anilines is 1. The van der Waals surface area contributed by atoms with Crippen molar-refractivity contribution in [3.05, 3.63) is 18.1 Å². The van der Waals surface area contributed by atoms with Crippen molar-refractivity contribution in [2.45, 2.75) is 53.0 Å². The summed E-state index contributed by atoms with van der Waals surface area (Å²) in [5, 5.41) is 2.93. The van der Waals surface area contributed by atoms with Crippen molar-refractivity contribution in [1.29, 1.82) is 0 Å². The average molecular weight is 278 g/mol. The van der Waals surface area contributed by atoms with Gasteiger partial charge in [-0.15, -0.1) is 0 Å². The standard InChI is InChI=1S/C15H26N4O/c1-5-8-19(9-6-2)14-10-13(16-11-17-14)15(20)18-12(4)7-3/h10-12H,5-9H2,1-4H3,(H,18,20). The number of amides is 1. The summed E-state index contributed by atoms with van der Waals surface area (Å²) in [6.07, 6.45) is 4.48. The van der Waals surface area contributed by atoms with Crippen LogP contribution in [-0.4, -0.2) is 35.0 Å². The predicted molar refractivity (Wildman–Crippen MR) is 82.0 cm³/mol. The molecule has 1 N–H and O–H groups in total. The summed E-state index contributed by atoms with van der Waals surface area (Å²) >= 11 is 0. The van der Waals surface area contributed by atoms with Crippen molar-refractivity contribution < 1.29 is 4.79 Å². The third-order valence-corrected chi connectivity index (χ3v) is 3.19. The lowest BCUT2D eigenvalue weighted by Gasteiger charge is -2.22. The number of carbonyl (C=O) groups is 1. The molecule has 5 nitrogen and oxygen atoms in total. The molecule has 5 heteroatoms. The minimum Gasteiger partial charge on any atom is -0.357 e. The molecule has 0 aliphatic rings. The summed E-state index contributed by atoms with van der Waals surface area (Å²) in [4.78, 5) is 22.7. The minimum atomic E-state index is -0.129. The Bertz CT molecular complexity index is 416. The van der Waals surface area contributed by atoms with Crippen molar-refractivity contribution in [2.75, 3.05) is 18.0 Å². The summed E-state index contributed by atoms with van der Waals surface area (Å²) in [5.74, 6) is 0.703. The zero-order chi connectivity index (χ0) is 15.0. The molecule has 0 spiro atoms. The first kappa shape index (κ1) is 16.4. The zero-order valence-electron chi connectivity index (χ0n) is 13.0. The van der Waals surface area contributed by atoms with Gasteiger partial charge in [-0.2, -0.15) is 0 Å². The molecule has 1 unspecified atom stereocenters. The second-order valence-corrected chi connectivity index (χ2v) is 5.03. The van der Waals surface area contributed by atoms with E-state index < -0.39 is 0 Å². The molecule has 0 aromatic carbocycles. The van der Waals surface area contributed by atoms with E-state index in [0.717, 1.165) is 38.2 Å². The monoisotopic (exact) mass is 278 g/mol. The molecule has 20 heavy (non-hydrogen) atoms. The van der Waals surface area contributed by atoms with E-state index in [0.29, 0.717) is 5.69 Å². The molecule has 0 saturated carbocycles. The van der Waals surface area contributed by atoms with Crippen LogP contribution in [0.1, 0.15) is 57.4 Å². The number of nitrogens with one attached hydrogen (secondary N) is 1. The second-order valence-electron chi connectivity index (χ2n) is 5.03. The van der Waals surface area contributed by atoms with Crippen LogP contribution in [0, 0.1) is 0 Å². The Morgan fingerprint density at radius 2 is 1.90 bits per heavy atom. The number of hydrogen-bond donors (Lipinski definition) is 1. The van der Waals surface area contributed by atoms with Gasteiger partial charge >= 0.3 is 0 Å². The average Bonchev–Trinajstić information content (AvgIpc) is 2.47. The van der Waals surface area contributed by atoms with Crippen LogP contribution in [-0.2, 0) is 0 Å². The Hall–Kier alpha value is -1.65. The SMILES string of the molecule is CCCN(CCC)c1cc(C(=O)NC(C)CC)ncn1. The van der Waals surface area contributed by atoms with Crippen molar-refractivity contribution in [2.24, 2.45) is 0 Å². The van der Waals surface area contributed by atoms with Crippen LogP contribution in [0.3, 0.4) is 0 Å². The lowest BCUT2D eigenvalue weighted by Crippen LogP contribution is -2.33. The highest BCUT2D eigenvalue weighted by Crippen LogP contribution is 2.12. The summed E-state index contributed by atoms with van der Waals surface area (Å²) in [6.45, 7) is 10.2. The Morgan fingerprint density at radius 3 is 2.45 bits per heavy atom. The molecule has 1 amide bonds. The van der Waals surface area contributed by atoms with Gasteiger partial charge in [-0.05, 0) is 26.2 Å². The van der Waals surface area contributed by atoms with E-state index in [-0.39, 0.29) is 11.9 Å². The number of carbonyl (C=O) groups excluding carboxylic acids is 1. The van der Waals surface area contributed by atoms with Gasteiger partial charge in [0, 0.05) is 25.2 Å². The van der Waals surface area contributed by atoms with E-state index >= 15 is 0 Å². The van der Waals surface area contributed by atoms with Gasteiger partial charge in [0.05, 0.1) is 0 Å². The lowest BCUT2D eigenvalue weighted by atomic mass is 10.2. The maximum atomic E-state index is 12.1. The molecule has 1 aromatic rings. The molecular formula is C15H26N4O. The summed E-state index contributed by atoms with van der Waals surface area (Å²) in [5.41, 5.74) is 0.438. The Balaban J connectivity index is 2.85. The summed E-state index contributed by atoms with van der Waals surface area (Å²) in [7, 11) is 0. The van der Waals surface area contributed by atoms with Crippen molar-refractivity contribution >= 4 is 11.7 Å². The van der Waals surface area contributed by atoms with Crippen molar-refractivity contribution in [3.8, 4) is 0 Å². The molecule has 0 aliphatic carbocycles. The van der Waals surface area contributed by atoms with Gasteiger partial charge in [0.2, 0.25) is 0 Å². The number of rotatable bonds is 8. The molecule has 1 aromatic heterocycles. The molecule has 0 bridgehead atoms. The second kappa shape index (κ2) is 8.51. The maximum Gasteiger partial charge on any atom is 0.270 e. The smallest absolute Gasteiger partial charge is 0.270 e. The first-order valence-corrected chi connectivity index (χ1v) is 7.50. The summed E-state index contributed by atoms with van der Waals surface area (Å²) < 4.78 is 0. The van der Waals surface area contributed by atoms with Crippen LogP contribution >= 0.6 is 0 Å². The van der Waals surface area contributed by atoms with E-state index in [2.05, 4.69) is 34.0 Å². The van der Waals surface area contributed by atoms with Crippen LogP contribution in [0.15, 0.2) is 12.4 Å². The fourth-order valence-corrected chi connectivity index (χ4v) is 1.92. The van der Waals surface area contributed by atoms with Crippen LogP contribution in [0.2, 0.25) is 0 Å². The van der Waals surface area contributed by atoms with Crippen LogP contribution in [0.4, 0.5) is 5.82 Å². The Kier molecular flexibility index (Phi) is 6.98. The first-order valence-electron chi connectivity index (χ1n) is 7.50. The van der Waals surface area contributed by atoms with E-state index in [4.69, 9.17) is 0 Å². The minimum absolute atomic E-state index is 0.129. The van der Waals surface area contributed by atoms with Crippen molar-refractivity contribution in [1.82, 2.24) is 15.3 Å². The number of hydrogen-bond acceptors (Lipinski definition) is 4. The molecule has 0 fully saturated rings. The fourth-order valence-electron chi connectivity index (χ4n) is 1.92. The van der Waals surface area contributed by atoms with Gasteiger partial charge in [-0.25, -0.2) is 9.97 Å². The van der Waals surface area contributed by atoms with Gasteiger partial charge in [-0.3, -0.25) is 4.79 Å². The first-order chi connectivity index (χ1) is 9.62. The molecule has 1 rings (SSSR count). The highest BCUT2D eigenvalue weighted by atomic mass is 16.1. The highest BCUT2D eigenvalue weighted by Gasteiger charge is 2.13. The van der Waals surface area contributed by atoms with E-state index in [1.54, 1.807) is 6.07 Å². The van der Waals surface area contributed by atoms with E-state index in [9.17, 15) is 4.79 Å². The number of aromatic nitrogens is 2. The normalized spacial score (nSPS) is 12.0. The Morgan fingerprint density at radius 1 is 1.25 bits per heavy atom. The van der Waals surface area contributed by atoms with Gasteiger partial charge in [0.15, 0.2) is 0 Å². The van der Waals surface area contributed by atoms with E-state index in [1.165, 1.54) is 6.33 Å².